The number of alkyl halides is 3. The summed E-state index contributed by atoms with van der Waals surface area (Å²) >= 11 is 0. The normalized spacial score (nSPS) is 11.3. The minimum Gasteiger partial charge on any atom is -0.404 e. The number of halogens is 3. The van der Waals surface area contributed by atoms with Crippen LogP contribution in [0.2, 0.25) is 0 Å². The summed E-state index contributed by atoms with van der Waals surface area (Å²) in [5.74, 6) is -0.406. The first kappa shape index (κ1) is 12.2. The van der Waals surface area contributed by atoms with Gasteiger partial charge in [-0.1, -0.05) is 6.07 Å². The van der Waals surface area contributed by atoms with Crippen LogP contribution in [0.5, 0.6) is 5.75 Å². The summed E-state index contributed by atoms with van der Waals surface area (Å²) in [5.41, 5.74) is 6.68. The Morgan fingerprint density at radius 1 is 1.00 bits per heavy atom. The monoisotopic (exact) mass is 254 g/mol. The van der Waals surface area contributed by atoms with Crippen molar-refractivity contribution in [3.8, 4) is 16.9 Å². The highest BCUT2D eigenvalue weighted by atomic mass is 19.4. The summed E-state index contributed by atoms with van der Waals surface area (Å²) in [5, 5.41) is 0. The molecule has 1 aromatic heterocycles. The molecule has 0 saturated heterocycles. The van der Waals surface area contributed by atoms with E-state index in [0.717, 1.165) is 5.56 Å². The lowest BCUT2D eigenvalue weighted by molar-refractivity contribution is -0.274. The first-order valence-corrected chi connectivity index (χ1v) is 5.01. The van der Waals surface area contributed by atoms with Crippen LogP contribution in [0.1, 0.15) is 0 Å². The van der Waals surface area contributed by atoms with E-state index in [9.17, 15) is 13.2 Å². The fourth-order valence-corrected chi connectivity index (χ4v) is 1.47. The van der Waals surface area contributed by atoms with Crippen LogP contribution in [0.15, 0.2) is 42.7 Å². The van der Waals surface area contributed by atoms with Crippen LogP contribution in [-0.2, 0) is 0 Å². The van der Waals surface area contributed by atoms with Crippen LogP contribution < -0.4 is 10.5 Å². The van der Waals surface area contributed by atoms with E-state index in [4.69, 9.17) is 5.73 Å². The molecule has 0 aliphatic carbocycles. The van der Waals surface area contributed by atoms with E-state index in [1.807, 2.05) is 0 Å². The molecule has 0 radical (unpaired) electrons. The molecule has 18 heavy (non-hydrogen) atoms. The number of anilines is 1. The maximum atomic E-state index is 12.2. The van der Waals surface area contributed by atoms with Crippen molar-refractivity contribution in [2.75, 3.05) is 5.73 Å². The topological polar surface area (TPSA) is 48.1 Å². The van der Waals surface area contributed by atoms with Crippen molar-refractivity contribution in [2.45, 2.75) is 6.36 Å². The van der Waals surface area contributed by atoms with E-state index in [-0.39, 0.29) is 5.69 Å². The minimum absolute atomic E-state index is 0.0647. The number of nitrogens with two attached hydrogens (primary N) is 1. The fraction of sp³-hybridized carbons (Fsp3) is 0.0833. The molecule has 0 spiro atoms. The van der Waals surface area contributed by atoms with Gasteiger partial charge >= 0.3 is 6.36 Å². The predicted octanol–water partition coefficient (Wildman–Crippen LogP) is 3.23. The third-order valence-electron chi connectivity index (χ3n) is 2.25. The third-order valence-corrected chi connectivity index (χ3v) is 2.25. The van der Waals surface area contributed by atoms with Crippen molar-refractivity contribution in [2.24, 2.45) is 0 Å². The standard InChI is InChI=1S/C12H9F3N2O/c13-12(14,15)18-11-7-9(1-2-10(11)16)8-3-5-17-6-4-8/h1-7H,16H2. The molecule has 0 fully saturated rings. The Bertz CT molecular complexity index is 541. The van der Waals surface area contributed by atoms with Crippen LogP contribution in [0.3, 0.4) is 0 Å². The van der Waals surface area contributed by atoms with Gasteiger partial charge in [-0.25, -0.2) is 0 Å². The van der Waals surface area contributed by atoms with E-state index in [1.54, 1.807) is 30.6 Å². The molecule has 6 heteroatoms. The van der Waals surface area contributed by atoms with E-state index < -0.39 is 12.1 Å². The van der Waals surface area contributed by atoms with Crippen molar-refractivity contribution in [3.63, 3.8) is 0 Å². The van der Waals surface area contributed by atoms with Crippen LogP contribution >= 0.6 is 0 Å². The van der Waals surface area contributed by atoms with Crippen molar-refractivity contribution in [3.05, 3.63) is 42.7 Å². The summed E-state index contributed by atoms with van der Waals surface area (Å²) in [6, 6.07) is 7.61. The first-order valence-electron chi connectivity index (χ1n) is 5.01. The van der Waals surface area contributed by atoms with Gasteiger partial charge < -0.3 is 10.5 Å². The maximum Gasteiger partial charge on any atom is 0.573 e. The largest absolute Gasteiger partial charge is 0.573 e. The van der Waals surface area contributed by atoms with Crippen molar-refractivity contribution in [1.82, 2.24) is 4.98 Å². The van der Waals surface area contributed by atoms with Gasteiger partial charge in [0.1, 0.15) is 0 Å². The molecule has 2 N–H and O–H groups in total. The molecular formula is C12H9F3N2O. The number of hydrogen-bond donors (Lipinski definition) is 1. The summed E-state index contributed by atoms with van der Waals surface area (Å²) in [6.45, 7) is 0. The fourth-order valence-electron chi connectivity index (χ4n) is 1.47. The molecule has 3 nitrogen and oxygen atoms in total. The van der Waals surface area contributed by atoms with E-state index in [1.165, 1.54) is 12.1 Å². The molecular weight excluding hydrogens is 245 g/mol. The highest BCUT2D eigenvalue weighted by Crippen LogP contribution is 2.32. The van der Waals surface area contributed by atoms with E-state index in [2.05, 4.69) is 9.72 Å². The Balaban J connectivity index is 2.38. The smallest absolute Gasteiger partial charge is 0.404 e. The number of aromatic nitrogens is 1. The van der Waals surface area contributed by atoms with Crippen molar-refractivity contribution < 1.29 is 17.9 Å². The molecule has 1 heterocycles. The lowest BCUT2D eigenvalue weighted by Crippen LogP contribution is -2.18. The molecule has 94 valence electrons. The van der Waals surface area contributed by atoms with Gasteiger partial charge in [0.2, 0.25) is 0 Å². The predicted molar refractivity (Wildman–Crippen MR) is 60.8 cm³/mol. The number of ether oxygens (including phenoxy) is 1. The second-order valence-electron chi connectivity index (χ2n) is 3.54. The summed E-state index contributed by atoms with van der Waals surface area (Å²) in [7, 11) is 0. The van der Waals surface area contributed by atoms with Crippen molar-refractivity contribution in [1.29, 1.82) is 0 Å². The van der Waals surface area contributed by atoms with E-state index >= 15 is 0 Å². The average molecular weight is 254 g/mol. The molecule has 2 rings (SSSR count). The molecule has 1 aromatic carbocycles. The molecule has 0 amide bonds. The van der Waals surface area contributed by atoms with Crippen molar-refractivity contribution >= 4 is 5.69 Å². The second kappa shape index (κ2) is 4.56. The minimum atomic E-state index is -4.76. The van der Waals surface area contributed by atoms with Crippen LogP contribution in [0.25, 0.3) is 11.1 Å². The number of hydrogen-bond acceptors (Lipinski definition) is 3. The Hall–Kier alpha value is -2.24. The Labute approximate surface area is 101 Å². The Morgan fingerprint density at radius 3 is 2.28 bits per heavy atom. The lowest BCUT2D eigenvalue weighted by Gasteiger charge is -2.12. The number of rotatable bonds is 2. The van der Waals surface area contributed by atoms with Gasteiger partial charge in [0.05, 0.1) is 5.69 Å². The van der Waals surface area contributed by atoms with Gasteiger partial charge in [0, 0.05) is 12.4 Å². The number of nitrogen functional groups attached to an aromatic ring is 1. The summed E-state index contributed by atoms with van der Waals surface area (Å²) in [6.07, 6.45) is -1.66. The van der Waals surface area contributed by atoms with Gasteiger partial charge in [-0.3, -0.25) is 4.98 Å². The zero-order valence-electron chi connectivity index (χ0n) is 9.11. The van der Waals surface area contributed by atoms with Gasteiger partial charge in [-0.15, -0.1) is 13.2 Å². The first-order chi connectivity index (χ1) is 8.46. The van der Waals surface area contributed by atoms with Gasteiger partial charge in [0.15, 0.2) is 5.75 Å². The molecule has 0 unspecified atom stereocenters. The number of benzene rings is 1. The van der Waals surface area contributed by atoms with Gasteiger partial charge in [-0.05, 0) is 35.4 Å². The number of pyridine rings is 1. The Kier molecular flexibility index (Phi) is 3.10. The highest BCUT2D eigenvalue weighted by molar-refractivity contribution is 5.69. The zero-order chi connectivity index (χ0) is 13.2. The molecule has 2 aromatic rings. The second-order valence-corrected chi connectivity index (χ2v) is 3.54. The van der Waals surface area contributed by atoms with E-state index in [0.29, 0.717) is 5.56 Å². The summed E-state index contributed by atoms with van der Waals surface area (Å²) in [4.78, 5) is 3.83. The van der Waals surface area contributed by atoms with Gasteiger partial charge in [0.25, 0.3) is 0 Å². The third kappa shape index (κ3) is 2.91. The quantitative estimate of drug-likeness (QED) is 0.837. The molecule has 0 saturated carbocycles. The molecule has 0 atom stereocenters. The molecule has 0 aliphatic rings. The average Bonchev–Trinajstić information content (AvgIpc) is 2.31. The van der Waals surface area contributed by atoms with Crippen LogP contribution in [0, 0.1) is 0 Å². The lowest BCUT2D eigenvalue weighted by atomic mass is 10.1. The molecule has 0 aliphatic heterocycles. The Morgan fingerprint density at radius 2 is 1.67 bits per heavy atom. The highest BCUT2D eigenvalue weighted by Gasteiger charge is 2.32. The molecule has 0 bridgehead atoms. The SMILES string of the molecule is Nc1ccc(-c2ccncc2)cc1OC(F)(F)F. The van der Waals surface area contributed by atoms with Crippen LogP contribution in [-0.4, -0.2) is 11.3 Å². The van der Waals surface area contributed by atoms with Gasteiger partial charge in [-0.2, -0.15) is 0 Å². The number of nitrogens with zero attached hydrogens (tertiary/aromatic N) is 1. The zero-order valence-corrected chi connectivity index (χ0v) is 9.11. The maximum absolute atomic E-state index is 12.2. The summed E-state index contributed by atoms with van der Waals surface area (Å²) < 4.78 is 40.4. The van der Waals surface area contributed by atoms with Crippen LogP contribution in [0.4, 0.5) is 18.9 Å².